The Kier molecular flexibility index (Phi) is 7.10. The third kappa shape index (κ3) is 4.12. The van der Waals surface area contributed by atoms with Gasteiger partial charge in [0.2, 0.25) is 0 Å². The standard InChI is InChI=1S/C36H54N2O4/c1-23(2)25-11-16-36(21-41-31(40)38-20-19-37-22-38)18-17-34(7)26(30(25)36)9-10-28-33(6)14-13-29(42-24(3)39)32(4,5)27(33)12-15-35(28,34)8/h19-20,22,25-30H,1,9-18,21H2,2-8H3/t25-,26?,27?,28?,29-,30?,33-,34+,35+,36+/m0/s1. The van der Waals surface area contributed by atoms with Gasteiger partial charge in [-0.25, -0.2) is 14.3 Å². The number of fused-ring (bicyclic) bond motifs is 7. The fourth-order valence-corrected chi connectivity index (χ4v) is 12.6. The minimum absolute atomic E-state index is 0.0134. The number of hydrogen-bond acceptors (Lipinski definition) is 5. The van der Waals surface area contributed by atoms with E-state index >= 15 is 0 Å². The molecule has 6 nitrogen and oxygen atoms in total. The van der Waals surface area contributed by atoms with Crippen LogP contribution in [0.5, 0.6) is 0 Å². The predicted molar refractivity (Wildman–Crippen MR) is 163 cm³/mol. The fraction of sp³-hybridized carbons (Fsp3) is 0.806. The molecule has 0 spiro atoms. The average Bonchev–Trinajstić information content (AvgIpc) is 3.58. The summed E-state index contributed by atoms with van der Waals surface area (Å²) in [6, 6.07) is 0. The predicted octanol–water partition coefficient (Wildman–Crippen LogP) is 8.46. The minimum Gasteiger partial charge on any atom is -0.462 e. The van der Waals surface area contributed by atoms with Gasteiger partial charge in [0.25, 0.3) is 0 Å². The molecule has 6 heteroatoms. The van der Waals surface area contributed by atoms with Crippen molar-refractivity contribution in [3.63, 3.8) is 0 Å². The van der Waals surface area contributed by atoms with Crippen LogP contribution in [0, 0.1) is 56.7 Å². The highest BCUT2D eigenvalue weighted by Crippen LogP contribution is 2.77. The lowest BCUT2D eigenvalue weighted by molar-refractivity contribution is -0.251. The first-order chi connectivity index (χ1) is 19.7. The number of nitrogens with zero attached hydrogens (tertiary/aromatic N) is 2. The monoisotopic (exact) mass is 578 g/mol. The van der Waals surface area contributed by atoms with Crippen molar-refractivity contribution in [2.45, 2.75) is 119 Å². The topological polar surface area (TPSA) is 70.4 Å². The highest BCUT2D eigenvalue weighted by molar-refractivity contribution is 5.70. The van der Waals surface area contributed by atoms with E-state index in [-0.39, 0.29) is 45.2 Å². The molecular formula is C36H54N2O4. The van der Waals surface area contributed by atoms with Crippen molar-refractivity contribution in [2.75, 3.05) is 6.61 Å². The molecule has 1 heterocycles. The van der Waals surface area contributed by atoms with Gasteiger partial charge in [-0.2, -0.15) is 0 Å². The molecule has 6 rings (SSSR count). The van der Waals surface area contributed by atoms with E-state index in [1.54, 1.807) is 19.3 Å². The molecule has 1 aromatic heterocycles. The van der Waals surface area contributed by atoms with E-state index in [0.717, 1.165) is 32.1 Å². The molecule has 42 heavy (non-hydrogen) atoms. The molecule has 1 aromatic rings. The van der Waals surface area contributed by atoms with Gasteiger partial charge in [0, 0.05) is 30.1 Å². The number of esters is 1. The quantitative estimate of drug-likeness (QED) is 0.265. The Morgan fingerprint density at radius 1 is 0.905 bits per heavy atom. The van der Waals surface area contributed by atoms with Gasteiger partial charge >= 0.3 is 12.1 Å². The van der Waals surface area contributed by atoms with Gasteiger partial charge in [-0.05, 0) is 117 Å². The van der Waals surface area contributed by atoms with Gasteiger partial charge in [0.05, 0.1) is 6.61 Å². The number of rotatable bonds is 4. The first-order valence-electron chi connectivity index (χ1n) is 16.7. The van der Waals surface area contributed by atoms with Gasteiger partial charge in [-0.1, -0.05) is 46.8 Å². The smallest absolute Gasteiger partial charge is 0.419 e. The maximum atomic E-state index is 12.9. The zero-order valence-corrected chi connectivity index (χ0v) is 27.2. The summed E-state index contributed by atoms with van der Waals surface area (Å²) in [6.45, 7) is 21.4. The molecular weight excluding hydrogens is 524 g/mol. The summed E-state index contributed by atoms with van der Waals surface area (Å²) in [6.07, 6.45) is 16.2. The normalized spacial score (nSPS) is 45.5. The van der Waals surface area contributed by atoms with Gasteiger partial charge in [0.15, 0.2) is 0 Å². The van der Waals surface area contributed by atoms with E-state index in [0.29, 0.717) is 36.2 Å². The lowest BCUT2D eigenvalue weighted by atomic mass is 9.32. The maximum Gasteiger partial charge on any atom is 0.419 e. The summed E-state index contributed by atoms with van der Waals surface area (Å²) in [4.78, 5) is 28.9. The second-order valence-electron chi connectivity index (χ2n) is 16.5. The number of carbonyl (C=O) groups is 2. The largest absolute Gasteiger partial charge is 0.462 e. The Morgan fingerprint density at radius 3 is 2.33 bits per heavy atom. The van der Waals surface area contributed by atoms with E-state index in [1.165, 1.54) is 48.6 Å². The van der Waals surface area contributed by atoms with Crippen LogP contribution in [0.2, 0.25) is 0 Å². The molecule has 5 fully saturated rings. The maximum absolute atomic E-state index is 12.9. The van der Waals surface area contributed by atoms with Crippen molar-refractivity contribution >= 4 is 12.1 Å². The molecule has 5 aliphatic rings. The fourth-order valence-electron chi connectivity index (χ4n) is 12.6. The second kappa shape index (κ2) is 9.95. The molecule has 5 saturated carbocycles. The van der Waals surface area contributed by atoms with Crippen LogP contribution < -0.4 is 0 Å². The molecule has 5 aliphatic carbocycles. The summed E-state index contributed by atoms with van der Waals surface area (Å²) < 4.78 is 13.5. The zero-order chi connectivity index (χ0) is 30.3. The van der Waals surface area contributed by atoms with E-state index in [9.17, 15) is 9.59 Å². The number of allylic oxidation sites excluding steroid dienone is 1. The number of imidazole rings is 1. The number of carbonyl (C=O) groups excluding carboxylic acids is 2. The van der Waals surface area contributed by atoms with Crippen LogP contribution in [-0.4, -0.2) is 34.3 Å². The van der Waals surface area contributed by atoms with Crippen molar-refractivity contribution in [1.29, 1.82) is 0 Å². The lowest BCUT2D eigenvalue weighted by Gasteiger charge is -2.73. The van der Waals surface area contributed by atoms with Gasteiger partial charge in [0.1, 0.15) is 12.4 Å². The summed E-state index contributed by atoms with van der Waals surface area (Å²) in [7, 11) is 0. The van der Waals surface area contributed by atoms with E-state index in [1.807, 2.05) is 0 Å². The Bertz CT molecular complexity index is 1240. The summed E-state index contributed by atoms with van der Waals surface area (Å²) >= 11 is 0. The van der Waals surface area contributed by atoms with Gasteiger partial charge < -0.3 is 9.47 Å². The van der Waals surface area contributed by atoms with Crippen LogP contribution in [0.15, 0.2) is 30.9 Å². The van der Waals surface area contributed by atoms with E-state index in [2.05, 4.69) is 53.1 Å². The molecule has 0 N–H and O–H groups in total. The van der Waals surface area contributed by atoms with E-state index in [4.69, 9.17) is 9.47 Å². The van der Waals surface area contributed by atoms with Crippen molar-refractivity contribution < 1.29 is 19.1 Å². The van der Waals surface area contributed by atoms with Gasteiger partial charge in [-0.15, -0.1) is 0 Å². The van der Waals surface area contributed by atoms with Crippen molar-refractivity contribution in [1.82, 2.24) is 9.55 Å². The van der Waals surface area contributed by atoms with E-state index < -0.39 is 0 Å². The molecule has 0 radical (unpaired) electrons. The molecule has 0 aliphatic heterocycles. The number of ether oxygens (including phenoxy) is 2. The lowest BCUT2D eigenvalue weighted by Crippen LogP contribution is -2.67. The van der Waals surface area contributed by atoms with Crippen LogP contribution in [0.3, 0.4) is 0 Å². The highest BCUT2D eigenvalue weighted by atomic mass is 16.6. The molecule has 0 bridgehead atoms. The third-order valence-electron chi connectivity index (χ3n) is 14.7. The number of hydrogen-bond donors (Lipinski definition) is 0. The third-order valence-corrected chi connectivity index (χ3v) is 14.7. The molecule has 0 aromatic carbocycles. The number of aromatic nitrogens is 2. The molecule has 0 amide bonds. The van der Waals surface area contributed by atoms with Crippen LogP contribution in [0.1, 0.15) is 113 Å². The Balaban J connectivity index is 1.31. The summed E-state index contributed by atoms with van der Waals surface area (Å²) in [5.74, 6) is 2.68. The molecule has 0 saturated heterocycles. The first-order valence-corrected chi connectivity index (χ1v) is 16.7. The van der Waals surface area contributed by atoms with Crippen molar-refractivity contribution in [3.8, 4) is 0 Å². The van der Waals surface area contributed by atoms with Crippen LogP contribution >= 0.6 is 0 Å². The molecule has 10 atom stereocenters. The summed E-state index contributed by atoms with van der Waals surface area (Å²) in [5.41, 5.74) is 2.06. The first kappa shape index (κ1) is 29.9. The summed E-state index contributed by atoms with van der Waals surface area (Å²) in [5, 5.41) is 0. The van der Waals surface area contributed by atoms with Crippen LogP contribution in [0.25, 0.3) is 0 Å². The molecule has 4 unspecified atom stereocenters. The van der Waals surface area contributed by atoms with Gasteiger partial charge in [-0.3, -0.25) is 4.79 Å². The van der Waals surface area contributed by atoms with Crippen molar-refractivity contribution in [2.24, 2.45) is 56.7 Å². The zero-order valence-electron chi connectivity index (χ0n) is 27.2. The van der Waals surface area contributed by atoms with Crippen LogP contribution in [0.4, 0.5) is 4.79 Å². The Morgan fingerprint density at radius 2 is 1.67 bits per heavy atom. The average molecular weight is 579 g/mol. The Labute approximate surface area is 253 Å². The second-order valence-corrected chi connectivity index (χ2v) is 16.5. The van der Waals surface area contributed by atoms with Crippen LogP contribution in [-0.2, 0) is 14.3 Å². The highest BCUT2D eigenvalue weighted by Gasteiger charge is 2.71. The SMILES string of the molecule is C=C(C)[C@@H]1CC[C@]2(COC(=O)n3ccnc3)CC[C@]3(C)C(CCC4[C@@]5(C)CC[C@H](OC(C)=O)C(C)(C)C5CC[C@]43C)C12. The van der Waals surface area contributed by atoms with Crippen molar-refractivity contribution in [3.05, 3.63) is 30.9 Å². The minimum atomic E-state index is -0.318. The molecule has 232 valence electrons. The Hall–Kier alpha value is -2.11.